The molecular formula is C26H26FN3O3. The quantitative estimate of drug-likeness (QED) is 0.456. The molecule has 0 aliphatic carbocycles. The van der Waals surface area contributed by atoms with E-state index in [4.69, 9.17) is 4.74 Å². The van der Waals surface area contributed by atoms with Crippen molar-refractivity contribution in [3.63, 3.8) is 0 Å². The summed E-state index contributed by atoms with van der Waals surface area (Å²) >= 11 is 0. The van der Waals surface area contributed by atoms with Gasteiger partial charge in [-0.05, 0) is 72.5 Å². The fourth-order valence-electron chi connectivity index (χ4n) is 2.93. The summed E-state index contributed by atoms with van der Waals surface area (Å²) in [6.07, 6.45) is 5.92. The molecule has 0 spiro atoms. The lowest BCUT2D eigenvalue weighted by atomic mass is 10.1. The highest BCUT2D eigenvalue weighted by Crippen LogP contribution is 2.25. The molecule has 1 heterocycles. The van der Waals surface area contributed by atoms with Gasteiger partial charge in [0.1, 0.15) is 5.75 Å². The van der Waals surface area contributed by atoms with Crippen LogP contribution in [-0.4, -0.2) is 23.3 Å². The van der Waals surface area contributed by atoms with Gasteiger partial charge in [0.25, 0.3) is 5.91 Å². The molecule has 0 aliphatic rings. The van der Waals surface area contributed by atoms with E-state index in [0.29, 0.717) is 35.0 Å². The number of halogens is 1. The minimum absolute atomic E-state index is 0.0674. The van der Waals surface area contributed by atoms with E-state index in [9.17, 15) is 14.0 Å². The first-order valence-corrected chi connectivity index (χ1v) is 10.6. The van der Waals surface area contributed by atoms with Crippen molar-refractivity contribution in [1.29, 1.82) is 0 Å². The number of benzene rings is 2. The maximum absolute atomic E-state index is 14.3. The summed E-state index contributed by atoms with van der Waals surface area (Å²) in [5.41, 5.74) is 2.40. The Hall–Kier alpha value is -4.00. The van der Waals surface area contributed by atoms with Crippen LogP contribution < -0.4 is 15.4 Å². The van der Waals surface area contributed by atoms with Crippen molar-refractivity contribution in [3.8, 4) is 11.5 Å². The molecule has 33 heavy (non-hydrogen) atoms. The fraction of sp³-hybridized carbons (Fsp3) is 0.192. The van der Waals surface area contributed by atoms with Gasteiger partial charge in [-0.2, -0.15) is 0 Å². The standard InChI is InChI=1S/C26H26FN3O3/c1-17(2)15-29-26(32)20-8-9-23(18(3)13-20)30-25(31)11-7-19-6-10-24(22(27)14-19)33-21-5-4-12-28-16-21/h4-14,16-17H,15H2,1-3H3,(H,29,32)(H,30,31)/b11-7+. The monoisotopic (exact) mass is 447 g/mol. The number of pyridine rings is 1. The number of anilines is 1. The summed E-state index contributed by atoms with van der Waals surface area (Å²) in [4.78, 5) is 28.4. The summed E-state index contributed by atoms with van der Waals surface area (Å²) in [7, 11) is 0. The van der Waals surface area contributed by atoms with Crippen LogP contribution in [0.5, 0.6) is 11.5 Å². The smallest absolute Gasteiger partial charge is 0.251 e. The molecular weight excluding hydrogens is 421 g/mol. The van der Waals surface area contributed by atoms with Crippen molar-refractivity contribution >= 4 is 23.6 Å². The summed E-state index contributed by atoms with van der Waals surface area (Å²) < 4.78 is 19.8. The van der Waals surface area contributed by atoms with Crippen LogP contribution in [0.2, 0.25) is 0 Å². The van der Waals surface area contributed by atoms with Crippen LogP contribution in [0.3, 0.4) is 0 Å². The zero-order valence-corrected chi connectivity index (χ0v) is 18.8. The van der Waals surface area contributed by atoms with Gasteiger partial charge in [0.05, 0.1) is 6.20 Å². The Balaban J connectivity index is 1.60. The van der Waals surface area contributed by atoms with Crippen LogP contribution in [-0.2, 0) is 4.79 Å². The van der Waals surface area contributed by atoms with Crippen molar-refractivity contribution in [1.82, 2.24) is 10.3 Å². The maximum Gasteiger partial charge on any atom is 0.251 e. The first kappa shape index (κ1) is 23.7. The molecule has 2 aromatic carbocycles. The lowest BCUT2D eigenvalue weighted by Gasteiger charge is -2.11. The molecule has 0 radical (unpaired) electrons. The molecule has 0 fully saturated rings. The third-order valence-electron chi connectivity index (χ3n) is 4.66. The Morgan fingerprint density at radius 3 is 2.64 bits per heavy atom. The molecule has 0 bridgehead atoms. The van der Waals surface area contributed by atoms with E-state index in [1.807, 2.05) is 20.8 Å². The number of ether oxygens (including phenoxy) is 1. The Labute approximate surface area is 192 Å². The largest absolute Gasteiger partial charge is 0.453 e. The van der Waals surface area contributed by atoms with E-state index in [-0.39, 0.29) is 17.6 Å². The van der Waals surface area contributed by atoms with Gasteiger partial charge in [0, 0.05) is 30.1 Å². The molecule has 7 heteroatoms. The van der Waals surface area contributed by atoms with Crippen LogP contribution in [0.25, 0.3) is 6.08 Å². The zero-order chi connectivity index (χ0) is 23.8. The van der Waals surface area contributed by atoms with Crippen LogP contribution in [0.4, 0.5) is 10.1 Å². The van der Waals surface area contributed by atoms with E-state index in [0.717, 1.165) is 5.56 Å². The molecule has 170 valence electrons. The summed E-state index contributed by atoms with van der Waals surface area (Å²) in [6, 6.07) is 12.9. The summed E-state index contributed by atoms with van der Waals surface area (Å²) in [5.74, 6) is -0.216. The van der Waals surface area contributed by atoms with Gasteiger partial charge in [-0.1, -0.05) is 19.9 Å². The lowest BCUT2D eigenvalue weighted by Crippen LogP contribution is -2.27. The molecule has 6 nitrogen and oxygen atoms in total. The van der Waals surface area contributed by atoms with Crippen molar-refractivity contribution in [2.24, 2.45) is 5.92 Å². The molecule has 3 rings (SSSR count). The molecule has 0 aliphatic heterocycles. The Kier molecular flexibility index (Phi) is 7.91. The molecule has 2 N–H and O–H groups in total. The van der Waals surface area contributed by atoms with E-state index >= 15 is 0 Å². The molecule has 2 amide bonds. The Morgan fingerprint density at radius 2 is 1.97 bits per heavy atom. The van der Waals surface area contributed by atoms with Gasteiger partial charge >= 0.3 is 0 Å². The number of carbonyl (C=O) groups excluding carboxylic acids is 2. The average molecular weight is 448 g/mol. The van der Waals surface area contributed by atoms with Crippen LogP contribution >= 0.6 is 0 Å². The number of carbonyl (C=O) groups is 2. The predicted molar refractivity (Wildman–Crippen MR) is 127 cm³/mol. The number of amides is 2. The van der Waals surface area contributed by atoms with Crippen LogP contribution in [0.15, 0.2) is 67.0 Å². The second kappa shape index (κ2) is 11.0. The molecule has 0 saturated heterocycles. The highest BCUT2D eigenvalue weighted by atomic mass is 19.1. The van der Waals surface area contributed by atoms with Gasteiger partial charge in [-0.15, -0.1) is 0 Å². The van der Waals surface area contributed by atoms with E-state index < -0.39 is 5.82 Å². The lowest BCUT2D eigenvalue weighted by molar-refractivity contribution is -0.111. The molecule has 3 aromatic rings. The number of aryl methyl sites for hydroxylation is 1. The van der Waals surface area contributed by atoms with Gasteiger partial charge in [0.2, 0.25) is 5.91 Å². The fourth-order valence-corrected chi connectivity index (χ4v) is 2.93. The van der Waals surface area contributed by atoms with Crippen molar-refractivity contribution in [2.45, 2.75) is 20.8 Å². The van der Waals surface area contributed by atoms with Crippen molar-refractivity contribution < 1.29 is 18.7 Å². The minimum Gasteiger partial charge on any atom is -0.453 e. The van der Waals surface area contributed by atoms with Gasteiger partial charge in [-0.25, -0.2) is 4.39 Å². The third kappa shape index (κ3) is 7.00. The molecule has 0 saturated carbocycles. The van der Waals surface area contributed by atoms with Crippen molar-refractivity contribution in [3.05, 3.63) is 89.5 Å². The highest BCUT2D eigenvalue weighted by molar-refractivity contribution is 6.03. The van der Waals surface area contributed by atoms with E-state index in [1.54, 1.807) is 42.6 Å². The van der Waals surface area contributed by atoms with Crippen molar-refractivity contribution in [2.75, 3.05) is 11.9 Å². The van der Waals surface area contributed by atoms with E-state index in [1.165, 1.54) is 30.5 Å². The van der Waals surface area contributed by atoms with Gasteiger partial charge < -0.3 is 15.4 Å². The van der Waals surface area contributed by atoms with Gasteiger partial charge in [0.15, 0.2) is 11.6 Å². The molecule has 1 aromatic heterocycles. The molecule has 0 unspecified atom stereocenters. The maximum atomic E-state index is 14.3. The average Bonchev–Trinajstić information content (AvgIpc) is 2.79. The van der Waals surface area contributed by atoms with Gasteiger partial charge in [-0.3, -0.25) is 14.6 Å². The SMILES string of the molecule is Cc1cc(C(=O)NCC(C)C)ccc1NC(=O)/C=C/c1ccc(Oc2cccnc2)c(F)c1. The minimum atomic E-state index is -0.552. The zero-order valence-electron chi connectivity index (χ0n) is 18.8. The first-order chi connectivity index (χ1) is 15.8. The topological polar surface area (TPSA) is 80.3 Å². The van der Waals surface area contributed by atoms with E-state index in [2.05, 4.69) is 15.6 Å². The second-order valence-electron chi connectivity index (χ2n) is 7.94. The Morgan fingerprint density at radius 1 is 1.15 bits per heavy atom. The highest BCUT2D eigenvalue weighted by Gasteiger charge is 2.10. The number of nitrogens with one attached hydrogen (secondary N) is 2. The normalized spacial score (nSPS) is 10.9. The molecule has 0 atom stereocenters. The Bertz CT molecular complexity index is 1160. The number of aromatic nitrogens is 1. The first-order valence-electron chi connectivity index (χ1n) is 10.6. The van der Waals surface area contributed by atoms with Crippen LogP contribution in [0, 0.1) is 18.7 Å². The summed E-state index contributed by atoms with van der Waals surface area (Å²) in [6.45, 7) is 6.46. The second-order valence-corrected chi connectivity index (χ2v) is 7.94. The predicted octanol–water partition coefficient (Wildman–Crippen LogP) is 5.36. The third-order valence-corrected chi connectivity index (χ3v) is 4.66. The van der Waals surface area contributed by atoms with Crippen LogP contribution in [0.1, 0.15) is 35.3 Å². The number of rotatable bonds is 8. The number of hydrogen-bond acceptors (Lipinski definition) is 4. The summed E-state index contributed by atoms with van der Waals surface area (Å²) in [5, 5.41) is 5.64. The number of nitrogens with zero attached hydrogens (tertiary/aromatic N) is 1. The number of hydrogen-bond donors (Lipinski definition) is 2.